The number of ether oxygens (including phenoxy) is 2. The van der Waals surface area contributed by atoms with Crippen molar-refractivity contribution in [2.45, 2.75) is 37.7 Å². The Balaban J connectivity index is 1.34. The van der Waals surface area contributed by atoms with Crippen molar-refractivity contribution in [2.24, 2.45) is 11.8 Å². The minimum Gasteiger partial charge on any atom is -0.508 e. The highest BCUT2D eigenvalue weighted by Crippen LogP contribution is 2.57. The smallest absolute Gasteiger partial charge is 0.265 e. The number of hydrogen-bond acceptors (Lipinski definition) is 11. The van der Waals surface area contributed by atoms with Crippen molar-refractivity contribution in [1.82, 2.24) is 10.1 Å². The first-order valence-corrected chi connectivity index (χ1v) is 16.1. The predicted octanol–water partition coefficient (Wildman–Crippen LogP) is 5.13. The maximum atomic E-state index is 14.6. The molecule has 4 atom stereocenters. The first-order chi connectivity index (χ1) is 23.6. The van der Waals surface area contributed by atoms with Crippen LogP contribution in [0.5, 0.6) is 11.6 Å². The molecule has 0 bridgehead atoms. The second-order valence-electron chi connectivity index (χ2n) is 13.3. The van der Waals surface area contributed by atoms with E-state index in [1.54, 1.807) is 38.0 Å². The van der Waals surface area contributed by atoms with E-state index in [0.29, 0.717) is 16.8 Å². The second-order valence-corrected chi connectivity index (χ2v) is 13.3. The zero-order valence-corrected chi connectivity index (χ0v) is 27.7. The molecule has 7 rings (SSSR count). The standard InChI is InChI=1S/C38H37N3O8/c1-40(2)31-24(18-42)17-27(47-19-21-11-7-5-8-12-21)29-25(31)15-23-16-26-32(41(3)4)34-30(36(45)38(26,46)35(44)28(23)33(29)43)37(39-49-34)48-20-22-13-9-6-10-14-22/h5-14,17-18,23,26,32,44,46H,15-16,19-20H2,1-4H3/t23-,26-,32-,38-/m0/s1. The molecule has 3 aliphatic carbocycles. The number of carbonyl (C=O) groups excluding carboxylic acids is 3. The fourth-order valence-electron chi connectivity index (χ4n) is 7.79. The fraction of sp³-hybridized carbons (Fsp3) is 0.316. The topological polar surface area (TPSA) is 143 Å². The molecular weight excluding hydrogens is 626 g/mol. The fourth-order valence-corrected chi connectivity index (χ4v) is 7.79. The van der Waals surface area contributed by atoms with Crippen molar-refractivity contribution >= 4 is 23.5 Å². The Bertz CT molecular complexity index is 1980. The van der Waals surface area contributed by atoms with Gasteiger partial charge in [-0.25, -0.2) is 0 Å². The summed E-state index contributed by atoms with van der Waals surface area (Å²) in [4.78, 5) is 45.0. The lowest BCUT2D eigenvalue weighted by molar-refractivity contribution is -0.0559. The van der Waals surface area contributed by atoms with Crippen LogP contribution in [0.15, 0.2) is 82.6 Å². The Kier molecular flexibility index (Phi) is 8.12. The lowest BCUT2D eigenvalue weighted by Crippen LogP contribution is -2.59. The summed E-state index contributed by atoms with van der Waals surface area (Å²) in [6.07, 6.45) is 1.16. The lowest BCUT2D eigenvalue weighted by Gasteiger charge is -2.49. The highest BCUT2D eigenvalue weighted by Gasteiger charge is 2.64. The minimum absolute atomic E-state index is 0.0446. The van der Waals surface area contributed by atoms with Gasteiger partial charge in [-0.05, 0) is 60.8 Å². The number of Topliss-reactive ketones (excluding diaryl/α,β-unsaturated/α-hetero) is 2. The van der Waals surface area contributed by atoms with Crippen molar-refractivity contribution in [1.29, 1.82) is 0 Å². The summed E-state index contributed by atoms with van der Waals surface area (Å²) in [5.41, 5.74) is 0.844. The summed E-state index contributed by atoms with van der Waals surface area (Å²) < 4.78 is 17.9. The maximum absolute atomic E-state index is 14.6. The molecule has 2 N–H and O–H groups in total. The van der Waals surface area contributed by atoms with E-state index in [-0.39, 0.29) is 60.1 Å². The van der Waals surface area contributed by atoms with Gasteiger partial charge in [0.15, 0.2) is 23.4 Å². The van der Waals surface area contributed by atoms with Gasteiger partial charge in [0.1, 0.15) is 30.3 Å². The first kappa shape index (κ1) is 32.3. The lowest BCUT2D eigenvalue weighted by atomic mass is 9.58. The Hall–Kier alpha value is -5.26. The van der Waals surface area contributed by atoms with Crippen molar-refractivity contribution in [3.8, 4) is 11.6 Å². The molecule has 11 heteroatoms. The Labute approximate surface area is 283 Å². The van der Waals surface area contributed by atoms with E-state index in [0.717, 1.165) is 17.4 Å². The normalized spacial score (nSPS) is 22.6. The third-order valence-electron chi connectivity index (χ3n) is 9.91. The van der Waals surface area contributed by atoms with Crippen molar-refractivity contribution in [3.05, 3.63) is 117 Å². The van der Waals surface area contributed by atoms with Crippen LogP contribution in [0.25, 0.3) is 0 Å². The molecule has 0 unspecified atom stereocenters. The number of anilines is 1. The van der Waals surface area contributed by atoms with E-state index in [9.17, 15) is 24.6 Å². The maximum Gasteiger partial charge on any atom is 0.265 e. The van der Waals surface area contributed by atoms with Gasteiger partial charge in [0.2, 0.25) is 5.78 Å². The molecule has 0 amide bonds. The van der Waals surface area contributed by atoms with Gasteiger partial charge in [0, 0.05) is 31.1 Å². The molecule has 0 saturated heterocycles. The molecule has 252 valence electrons. The number of allylic oxidation sites excluding steroid dienone is 1. The molecule has 49 heavy (non-hydrogen) atoms. The molecule has 0 fully saturated rings. The average molecular weight is 664 g/mol. The number of aromatic nitrogens is 1. The second kappa shape index (κ2) is 12.3. The van der Waals surface area contributed by atoms with Gasteiger partial charge in [0.25, 0.3) is 5.88 Å². The quantitative estimate of drug-likeness (QED) is 0.230. The van der Waals surface area contributed by atoms with Crippen LogP contribution < -0.4 is 14.4 Å². The molecule has 1 heterocycles. The molecule has 0 spiro atoms. The summed E-state index contributed by atoms with van der Waals surface area (Å²) in [7, 11) is 7.16. The molecule has 4 aromatic rings. The van der Waals surface area contributed by atoms with Crippen LogP contribution >= 0.6 is 0 Å². The molecule has 3 aliphatic rings. The van der Waals surface area contributed by atoms with Crippen molar-refractivity contribution in [2.75, 3.05) is 33.1 Å². The Morgan fingerprint density at radius 3 is 2.18 bits per heavy atom. The van der Waals surface area contributed by atoms with E-state index in [4.69, 9.17) is 14.0 Å². The number of fused-ring (bicyclic) bond motifs is 4. The van der Waals surface area contributed by atoms with Crippen molar-refractivity contribution in [3.63, 3.8) is 0 Å². The molecule has 0 radical (unpaired) electrons. The van der Waals surface area contributed by atoms with E-state index >= 15 is 0 Å². The van der Waals surface area contributed by atoms with Crippen LogP contribution in [0.2, 0.25) is 0 Å². The average Bonchev–Trinajstić information content (AvgIpc) is 3.51. The van der Waals surface area contributed by atoms with Gasteiger partial charge >= 0.3 is 0 Å². The largest absolute Gasteiger partial charge is 0.508 e. The van der Waals surface area contributed by atoms with Crippen LogP contribution in [0, 0.1) is 11.8 Å². The monoisotopic (exact) mass is 663 g/mol. The number of hydrogen-bond donors (Lipinski definition) is 2. The van der Waals surface area contributed by atoms with Crippen LogP contribution in [0.1, 0.15) is 66.0 Å². The minimum atomic E-state index is -2.46. The third-order valence-corrected chi connectivity index (χ3v) is 9.91. The number of nitrogens with zero attached hydrogens (tertiary/aromatic N) is 3. The highest BCUT2D eigenvalue weighted by molar-refractivity contribution is 6.17. The van der Waals surface area contributed by atoms with Gasteiger partial charge in [-0.2, -0.15) is 0 Å². The zero-order chi connectivity index (χ0) is 34.6. The van der Waals surface area contributed by atoms with Crippen molar-refractivity contribution < 1.29 is 38.6 Å². The van der Waals surface area contributed by atoms with Gasteiger partial charge in [0.05, 0.1) is 17.3 Å². The first-order valence-electron chi connectivity index (χ1n) is 16.1. The molecular formula is C38H37N3O8. The van der Waals surface area contributed by atoms with Gasteiger partial charge in [-0.3, -0.25) is 19.3 Å². The van der Waals surface area contributed by atoms with Gasteiger partial charge in [-0.1, -0.05) is 60.7 Å². The number of carbonyl (C=O) groups is 3. The number of aliphatic hydroxyl groups excluding tert-OH is 1. The number of aldehydes is 1. The van der Waals surface area contributed by atoms with E-state index < -0.39 is 40.8 Å². The van der Waals surface area contributed by atoms with Gasteiger partial charge in [-0.15, -0.1) is 0 Å². The molecule has 1 aromatic heterocycles. The highest BCUT2D eigenvalue weighted by atomic mass is 16.5. The predicted molar refractivity (Wildman–Crippen MR) is 179 cm³/mol. The summed E-state index contributed by atoms with van der Waals surface area (Å²) in [5.74, 6) is -3.28. The van der Waals surface area contributed by atoms with Crippen LogP contribution in [-0.2, 0) is 19.6 Å². The Morgan fingerprint density at radius 1 is 0.959 bits per heavy atom. The van der Waals surface area contributed by atoms with E-state index in [1.165, 1.54) is 6.07 Å². The zero-order valence-electron chi connectivity index (χ0n) is 27.7. The molecule has 11 nitrogen and oxygen atoms in total. The van der Waals surface area contributed by atoms with Crippen LogP contribution in [0.4, 0.5) is 5.69 Å². The number of rotatable bonds is 9. The SMILES string of the molecule is CN(C)c1c(C=O)cc(OCc2ccccc2)c2c1C[C@H]1C[C@H]3[C@H](N(C)C)c4onc(OCc5ccccc5)c4C(=O)[C@@]3(O)C(O)=C1C2=O. The van der Waals surface area contributed by atoms with Gasteiger partial charge < -0.3 is 29.1 Å². The summed E-state index contributed by atoms with van der Waals surface area (Å²) in [6.45, 7) is 0.223. The summed E-state index contributed by atoms with van der Waals surface area (Å²) in [5, 5.41) is 28.5. The van der Waals surface area contributed by atoms with Crippen LogP contribution in [-0.4, -0.2) is 71.9 Å². The molecule has 3 aromatic carbocycles. The number of aliphatic hydroxyl groups is 2. The van der Waals surface area contributed by atoms with E-state index in [2.05, 4.69) is 5.16 Å². The third kappa shape index (κ3) is 5.12. The summed E-state index contributed by atoms with van der Waals surface area (Å²) in [6, 6.07) is 19.6. The Morgan fingerprint density at radius 2 is 1.59 bits per heavy atom. The van der Waals surface area contributed by atoms with Crippen LogP contribution in [0.3, 0.4) is 0 Å². The van der Waals surface area contributed by atoms with E-state index in [1.807, 2.05) is 60.7 Å². The summed E-state index contributed by atoms with van der Waals surface area (Å²) >= 11 is 0. The number of benzene rings is 3. The number of ketones is 2. The molecule has 0 aliphatic heterocycles. The molecule has 0 saturated carbocycles.